The van der Waals surface area contributed by atoms with Crippen LogP contribution in [0.15, 0.2) is 28.7 Å². The molecule has 1 aromatic carbocycles. The number of esters is 1. The molecule has 2 aromatic rings. The number of hydrogen-bond acceptors (Lipinski definition) is 11. The summed E-state index contributed by atoms with van der Waals surface area (Å²) >= 11 is 0. The molecule has 52 heavy (non-hydrogen) atoms. The Hall–Kier alpha value is -4.36. The van der Waals surface area contributed by atoms with Crippen LogP contribution in [0.25, 0.3) is 0 Å². The maximum absolute atomic E-state index is 13.6. The van der Waals surface area contributed by atoms with E-state index >= 15 is 0 Å². The first-order chi connectivity index (χ1) is 23.9. The molecule has 0 spiro atoms. The molecule has 290 valence electrons. The van der Waals surface area contributed by atoms with E-state index in [1.807, 2.05) is 65.8 Å². The first-order valence-corrected chi connectivity index (χ1v) is 18.0. The molecule has 14 heteroatoms. The van der Waals surface area contributed by atoms with E-state index in [9.17, 15) is 19.2 Å². The highest BCUT2D eigenvalue weighted by Gasteiger charge is 2.33. The third-order valence-electron chi connectivity index (χ3n) is 7.42. The van der Waals surface area contributed by atoms with Crippen molar-refractivity contribution in [2.75, 3.05) is 13.1 Å². The highest BCUT2D eigenvalue weighted by atomic mass is 16.6. The van der Waals surface area contributed by atoms with Crippen molar-refractivity contribution in [3.63, 3.8) is 0 Å². The van der Waals surface area contributed by atoms with E-state index in [1.54, 1.807) is 46.4 Å². The van der Waals surface area contributed by atoms with E-state index in [-0.39, 0.29) is 42.6 Å². The highest BCUT2D eigenvalue weighted by Crippen LogP contribution is 2.27. The van der Waals surface area contributed by atoms with Crippen molar-refractivity contribution < 1.29 is 42.5 Å². The summed E-state index contributed by atoms with van der Waals surface area (Å²) in [5.41, 5.74) is -1.57. The molecule has 3 amide bonds. The Morgan fingerprint density at radius 1 is 0.750 bits per heavy atom. The van der Waals surface area contributed by atoms with Crippen LogP contribution < -0.4 is 15.4 Å². The molecular formula is C38H59N5O9. The lowest BCUT2D eigenvalue weighted by atomic mass is 9.95. The van der Waals surface area contributed by atoms with Gasteiger partial charge in [0.15, 0.2) is 0 Å². The van der Waals surface area contributed by atoms with Crippen LogP contribution in [0, 0.1) is 5.92 Å². The molecule has 1 aliphatic rings. The summed E-state index contributed by atoms with van der Waals surface area (Å²) in [6.07, 6.45) is 0.155. The average Bonchev–Trinajstić information content (AvgIpc) is 3.47. The zero-order chi connectivity index (χ0) is 39.1. The van der Waals surface area contributed by atoms with E-state index in [4.69, 9.17) is 23.4 Å². The standard InChI is InChI=1S/C38H59N5O9/c1-35(2,3)49-26-15-13-24(14-16-26)23-28(40-33(46)51-37(7,8)9)32-42-41-31(48-32)27(17-18-29(44)50-36(4,5)6)39-30(45)25-19-21-43(22-20-25)34(47)52-38(10,11)12/h13-16,25,27-28H,17-23H2,1-12H3,(H,39,45)(H,40,46)/t27-,28-/m0/s1. The number of rotatable bonds is 11. The molecule has 0 bridgehead atoms. The maximum Gasteiger partial charge on any atom is 0.410 e. The van der Waals surface area contributed by atoms with Crippen LogP contribution >= 0.6 is 0 Å². The molecule has 0 unspecified atom stereocenters. The molecule has 14 nitrogen and oxygen atoms in total. The maximum atomic E-state index is 13.6. The number of piperidine rings is 1. The number of benzene rings is 1. The topological polar surface area (TPSA) is 171 Å². The fraction of sp³-hybridized carbons (Fsp3) is 0.684. The summed E-state index contributed by atoms with van der Waals surface area (Å²) in [6, 6.07) is 5.86. The van der Waals surface area contributed by atoms with Crippen molar-refractivity contribution >= 4 is 24.1 Å². The minimum Gasteiger partial charge on any atom is -0.488 e. The Balaban J connectivity index is 1.83. The van der Waals surface area contributed by atoms with E-state index in [1.165, 1.54) is 0 Å². The van der Waals surface area contributed by atoms with Crippen molar-refractivity contribution in [2.24, 2.45) is 5.92 Å². The molecule has 1 aromatic heterocycles. The summed E-state index contributed by atoms with van der Waals surface area (Å²) in [7, 11) is 0. The van der Waals surface area contributed by atoms with Gasteiger partial charge in [-0.1, -0.05) is 12.1 Å². The Labute approximate surface area is 308 Å². The number of ether oxygens (including phenoxy) is 4. The number of likely N-dealkylation sites (tertiary alicyclic amines) is 1. The van der Waals surface area contributed by atoms with Gasteiger partial charge in [-0.2, -0.15) is 0 Å². The van der Waals surface area contributed by atoms with Crippen molar-refractivity contribution in [1.29, 1.82) is 0 Å². The molecule has 3 rings (SSSR count). The second-order valence-electron chi connectivity index (χ2n) is 17.2. The smallest absolute Gasteiger partial charge is 0.410 e. The number of hydrogen-bond donors (Lipinski definition) is 2. The van der Waals surface area contributed by atoms with Crippen LogP contribution in [0.5, 0.6) is 5.75 Å². The molecule has 0 aliphatic carbocycles. The van der Waals surface area contributed by atoms with E-state index < -0.39 is 53.0 Å². The van der Waals surface area contributed by atoms with Crippen molar-refractivity contribution in [3.8, 4) is 5.75 Å². The first-order valence-electron chi connectivity index (χ1n) is 18.0. The largest absolute Gasteiger partial charge is 0.488 e. The monoisotopic (exact) mass is 729 g/mol. The normalized spacial score (nSPS) is 15.7. The molecule has 0 saturated carbocycles. The van der Waals surface area contributed by atoms with E-state index in [0.717, 1.165) is 5.56 Å². The fourth-order valence-electron chi connectivity index (χ4n) is 5.31. The number of aromatic nitrogens is 2. The van der Waals surface area contributed by atoms with E-state index in [2.05, 4.69) is 20.8 Å². The van der Waals surface area contributed by atoms with Crippen LogP contribution in [0.2, 0.25) is 0 Å². The van der Waals surface area contributed by atoms with E-state index in [0.29, 0.717) is 31.7 Å². The van der Waals surface area contributed by atoms with Crippen LogP contribution in [0.3, 0.4) is 0 Å². The Morgan fingerprint density at radius 2 is 1.29 bits per heavy atom. The van der Waals surface area contributed by atoms with Gasteiger partial charge in [-0.15, -0.1) is 10.2 Å². The molecular weight excluding hydrogens is 670 g/mol. The number of carbonyl (C=O) groups excluding carboxylic acids is 4. The zero-order valence-electron chi connectivity index (χ0n) is 33.0. The second kappa shape index (κ2) is 17.0. The van der Waals surface area contributed by atoms with Gasteiger partial charge in [-0.3, -0.25) is 9.59 Å². The second-order valence-corrected chi connectivity index (χ2v) is 17.2. The third-order valence-corrected chi connectivity index (χ3v) is 7.42. The lowest BCUT2D eigenvalue weighted by molar-refractivity contribution is -0.155. The number of nitrogens with zero attached hydrogens (tertiary/aromatic N) is 3. The SMILES string of the molecule is CC(C)(C)OC(=O)CC[C@H](NC(=O)C1CCN(C(=O)OC(C)(C)C)CC1)c1nnc([C@H](Cc2ccc(OC(C)(C)C)cc2)NC(=O)OC(C)(C)C)o1. The molecule has 0 radical (unpaired) electrons. The summed E-state index contributed by atoms with van der Waals surface area (Å²) in [6.45, 7) is 22.7. The fourth-order valence-corrected chi connectivity index (χ4v) is 5.31. The number of amides is 3. The number of alkyl carbamates (subject to hydrolysis) is 1. The predicted octanol–water partition coefficient (Wildman–Crippen LogP) is 6.98. The van der Waals surface area contributed by atoms with Gasteiger partial charge in [-0.25, -0.2) is 9.59 Å². The van der Waals surface area contributed by atoms with Gasteiger partial charge >= 0.3 is 18.2 Å². The van der Waals surface area contributed by atoms with Gasteiger partial charge in [0, 0.05) is 31.8 Å². The minimum atomic E-state index is -0.832. The Kier molecular flexibility index (Phi) is 13.7. The first kappa shape index (κ1) is 42.1. The van der Waals surface area contributed by atoms with Crippen LogP contribution in [0.4, 0.5) is 9.59 Å². The number of carbonyl (C=O) groups is 4. The highest BCUT2D eigenvalue weighted by molar-refractivity contribution is 5.79. The third kappa shape index (κ3) is 15.1. The predicted molar refractivity (Wildman–Crippen MR) is 193 cm³/mol. The summed E-state index contributed by atoms with van der Waals surface area (Å²) in [4.78, 5) is 53.4. The number of nitrogens with one attached hydrogen (secondary N) is 2. The van der Waals surface area contributed by atoms with Crippen molar-refractivity contribution in [1.82, 2.24) is 25.7 Å². The Bertz CT molecular complexity index is 1500. The van der Waals surface area contributed by atoms with Gasteiger partial charge in [0.2, 0.25) is 17.7 Å². The quantitative estimate of drug-likeness (QED) is 0.181. The summed E-state index contributed by atoms with van der Waals surface area (Å²) in [5, 5.41) is 14.4. The van der Waals surface area contributed by atoms with Gasteiger partial charge in [0.05, 0.1) is 0 Å². The zero-order valence-corrected chi connectivity index (χ0v) is 33.0. The molecule has 1 aliphatic heterocycles. The van der Waals surface area contributed by atoms with Crippen LogP contribution in [-0.4, -0.2) is 74.7 Å². The lowest BCUT2D eigenvalue weighted by Crippen LogP contribution is -2.45. The van der Waals surface area contributed by atoms with Crippen LogP contribution in [0.1, 0.15) is 138 Å². The van der Waals surface area contributed by atoms with Crippen molar-refractivity contribution in [3.05, 3.63) is 41.6 Å². The molecule has 2 N–H and O–H groups in total. The van der Waals surface area contributed by atoms with Gasteiger partial charge < -0.3 is 38.9 Å². The van der Waals surface area contributed by atoms with Gasteiger partial charge in [0.25, 0.3) is 0 Å². The summed E-state index contributed by atoms with van der Waals surface area (Å²) < 4.78 is 28.6. The molecule has 1 fully saturated rings. The molecule has 1 saturated heterocycles. The van der Waals surface area contributed by atoms with Gasteiger partial charge in [0.1, 0.15) is 40.2 Å². The molecule has 2 atom stereocenters. The van der Waals surface area contributed by atoms with Crippen LogP contribution in [-0.2, 0) is 30.2 Å². The van der Waals surface area contributed by atoms with Crippen molar-refractivity contribution in [2.45, 2.75) is 150 Å². The minimum absolute atomic E-state index is 0.0282. The molecule has 2 heterocycles. The average molecular weight is 730 g/mol. The summed E-state index contributed by atoms with van der Waals surface area (Å²) in [5.74, 6) is -0.232. The lowest BCUT2D eigenvalue weighted by Gasteiger charge is -2.33. The van der Waals surface area contributed by atoms with Gasteiger partial charge in [-0.05, 0) is 120 Å². The Morgan fingerprint density at radius 3 is 1.81 bits per heavy atom.